The number of anilines is 1. The minimum atomic E-state index is -0.203. The van der Waals surface area contributed by atoms with Crippen molar-refractivity contribution in [2.45, 2.75) is 84.5 Å². The number of aromatic nitrogens is 2. The van der Waals surface area contributed by atoms with Crippen LogP contribution in [0.15, 0.2) is 30.3 Å². The van der Waals surface area contributed by atoms with Crippen molar-refractivity contribution in [2.24, 2.45) is 5.92 Å². The molecule has 1 aromatic heterocycles. The molecular weight excluding hydrogens is 440 g/mol. The van der Waals surface area contributed by atoms with Gasteiger partial charge in [-0.15, -0.1) is 0 Å². The van der Waals surface area contributed by atoms with Crippen molar-refractivity contribution in [2.75, 3.05) is 25.5 Å². The zero-order valence-corrected chi connectivity index (χ0v) is 22.1. The number of nitrogens with one attached hydrogen (secondary N) is 1. The number of methoxy groups -OCH3 is 1. The number of carbonyl (C=O) groups excluding carboxylic acids is 2. The molecular formula is C28H42N4O3. The number of carbonyl (C=O) groups is 2. The van der Waals surface area contributed by atoms with Crippen LogP contribution in [0.1, 0.15) is 84.8 Å². The lowest BCUT2D eigenvalue weighted by Crippen LogP contribution is -2.39. The molecule has 1 aliphatic carbocycles. The third-order valence-electron chi connectivity index (χ3n) is 6.77. The third kappa shape index (κ3) is 7.58. The highest BCUT2D eigenvalue weighted by molar-refractivity contribution is 5.94. The second-order valence-corrected chi connectivity index (χ2v) is 10.7. The average molecular weight is 483 g/mol. The first-order valence-corrected chi connectivity index (χ1v) is 13.0. The van der Waals surface area contributed by atoms with Gasteiger partial charge in [0.15, 0.2) is 0 Å². The van der Waals surface area contributed by atoms with E-state index in [1.165, 1.54) is 25.7 Å². The highest BCUT2D eigenvalue weighted by atomic mass is 16.5. The number of ether oxygens (including phenoxy) is 1. The van der Waals surface area contributed by atoms with Gasteiger partial charge >= 0.3 is 0 Å². The van der Waals surface area contributed by atoms with E-state index < -0.39 is 0 Å². The minimum Gasteiger partial charge on any atom is -0.497 e. The number of hydrogen-bond acceptors (Lipinski definition) is 4. The first-order valence-electron chi connectivity index (χ1n) is 13.0. The van der Waals surface area contributed by atoms with Crippen LogP contribution < -0.4 is 10.1 Å². The Labute approximate surface area is 210 Å². The molecule has 7 heteroatoms. The number of nitrogens with zero attached hydrogens (tertiary/aromatic N) is 3. The second kappa shape index (κ2) is 12.2. The number of rotatable bonds is 11. The number of amides is 2. The summed E-state index contributed by atoms with van der Waals surface area (Å²) in [7, 11) is 1.63. The van der Waals surface area contributed by atoms with Crippen LogP contribution in [0.3, 0.4) is 0 Å². The topological polar surface area (TPSA) is 76.5 Å². The minimum absolute atomic E-state index is 0.0577. The van der Waals surface area contributed by atoms with Crippen molar-refractivity contribution in [3.63, 3.8) is 0 Å². The van der Waals surface area contributed by atoms with Crippen LogP contribution in [0.4, 0.5) is 5.82 Å². The fourth-order valence-electron chi connectivity index (χ4n) is 4.54. The van der Waals surface area contributed by atoms with E-state index in [1.807, 2.05) is 30.3 Å². The number of hydrogen-bond donors (Lipinski definition) is 1. The summed E-state index contributed by atoms with van der Waals surface area (Å²) in [5.74, 6) is 1.89. The smallest absolute Gasteiger partial charge is 0.245 e. The van der Waals surface area contributed by atoms with Gasteiger partial charge in [0, 0.05) is 24.4 Å². The molecule has 1 aromatic carbocycles. The van der Waals surface area contributed by atoms with Crippen molar-refractivity contribution in [3.8, 4) is 11.4 Å². The fraction of sp³-hybridized carbons (Fsp3) is 0.607. The molecule has 2 amide bonds. The highest BCUT2D eigenvalue weighted by Gasteiger charge is 2.24. The maximum atomic E-state index is 13.1. The lowest BCUT2D eigenvalue weighted by atomic mass is 9.92. The van der Waals surface area contributed by atoms with Crippen LogP contribution >= 0.6 is 0 Å². The zero-order valence-electron chi connectivity index (χ0n) is 22.1. The summed E-state index contributed by atoms with van der Waals surface area (Å²) in [4.78, 5) is 27.9. The predicted molar refractivity (Wildman–Crippen MR) is 140 cm³/mol. The van der Waals surface area contributed by atoms with Gasteiger partial charge in [0.1, 0.15) is 11.6 Å². The Morgan fingerprint density at radius 2 is 1.86 bits per heavy atom. The lowest BCUT2D eigenvalue weighted by Gasteiger charge is -2.23. The van der Waals surface area contributed by atoms with Gasteiger partial charge in [0.05, 0.1) is 25.0 Å². The molecule has 0 spiro atoms. The van der Waals surface area contributed by atoms with Crippen molar-refractivity contribution in [3.05, 3.63) is 36.0 Å². The summed E-state index contributed by atoms with van der Waals surface area (Å²) in [6, 6.07) is 9.48. The van der Waals surface area contributed by atoms with Crippen molar-refractivity contribution in [1.82, 2.24) is 14.7 Å². The van der Waals surface area contributed by atoms with Crippen LogP contribution in [0.25, 0.3) is 5.69 Å². The Morgan fingerprint density at radius 3 is 2.46 bits per heavy atom. The Balaban J connectivity index is 1.74. The predicted octanol–water partition coefficient (Wildman–Crippen LogP) is 5.72. The lowest BCUT2D eigenvalue weighted by molar-refractivity contribution is -0.135. The maximum absolute atomic E-state index is 13.1. The summed E-state index contributed by atoms with van der Waals surface area (Å²) < 4.78 is 7.02. The van der Waals surface area contributed by atoms with Gasteiger partial charge in [0.2, 0.25) is 11.8 Å². The molecule has 1 heterocycles. The fourth-order valence-corrected chi connectivity index (χ4v) is 4.54. The first-order chi connectivity index (χ1) is 16.7. The van der Waals surface area contributed by atoms with Gasteiger partial charge in [-0.1, -0.05) is 59.8 Å². The zero-order chi connectivity index (χ0) is 25.4. The molecule has 1 saturated carbocycles. The third-order valence-corrected chi connectivity index (χ3v) is 6.77. The van der Waals surface area contributed by atoms with E-state index in [0.29, 0.717) is 24.7 Å². The molecule has 35 heavy (non-hydrogen) atoms. The molecule has 0 bridgehead atoms. The molecule has 3 rings (SSSR count). The van der Waals surface area contributed by atoms with E-state index >= 15 is 0 Å². The van der Waals surface area contributed by atoms with Crippen molar-refractivity contribution >= 4 is 17.6 Å². The Hall–Kier alpha value is -2.83. The van der Waals surface area contributed by atoms with Gasteiger partial charge in [-0.05, 0) is 43.0 Å². The monoisotopic (exact) mass is 482 g/mol. The summed E-state index contributed by atoms with van der Waals surface area (Å²) in [6.07, 6.45) is 8.34. The van der Waals surface area contributed by atoms with E-state index in [1.54, 1.807) is 16.7 Å². The summed E-state index contributed by atoms with van der Waals surface area (Å²) >= 11 is 0. The van der Waals surface area contributed by atoms with Gasteiger partial charge in [-0.2, -0.15) is 5.10 Å². The molecule has 1 fully saturated rings. The van der Waals surface area contributed by atoms with Gasteiger partial charge in [-0.25, -0.2) is 4.68 Å². The standard InChI is InChI=1S/C28H42N4O3/c1-6-7-18-31(27(34)17-12-21-10-8-9-11-21)20-26(33)29-25-19-24(28(2,3)4)30-32(25)22-13-15-23(35-5)16-14-22/h13-16,19,21H,6-12,17-18,20H2,1-5H3,(H,29,33). The van der Waals surface area contributed by atoms with Crippen LogP contribution in [-0.4, -0.2) is 46.7 Å². The summed E-state index contributed by atoms with van der Waals surface area (Å²) in [6.45, 7) is 9.04. The highest BCUT2D eigenvalue weighted by Crippen LogP contribution is 2.29. The van der Waals surface area contributed by atoms with Crippen molar-refractivity contribution in [1.29, 1.82) is 0 Å². The normalized spacial score (nSPS) is 14.2. The Kier molecular flexibility index (Phi) is 9.35. The molecule has 1 N–H and O–H groups in total. The van der Waals surface area contributed by atoms with Crippen LogP contribution in [0.2, 0.25) is 0 Å². The van der Waals surface area contributed by atoms with Crippen LogP contribution in [0, 0.1) is 5.92 Å². The van der Waals surface area contributed by atoms with Crippen LogP contribution in [-0.2, 0) is 15.0 Å². The van der Waals surface area contributed by atoms with Gasteiger partial charge in [0.25, 0.3) is 0 Å². The molecule has 0 saturated heterocycles. The molecule has 1 aliphatic rings. The maximum Gasteiger partial charge on any atom is 0.245 e. The second-order valence-electron chi connectivity index (χ2n) is 10.7. The molecule has 2 aromatic rings. The molecule has 0 atom stereocenters. The number of benzene rings is 1. The molecule has 192 valence electrons. The molecule has 7 nitrogen and oxygen atoms in total. The van der Waals surface area contributed by atoms with Crippen LogP contribution in [0.5, 0.6) is 5.75 Å². The largest absolute Gasteiger partial charge is 0.497 e. The van der Waals surface area contributed by atoms with Gasteiger partial charge < -0.3 is 15.0 Å². The quantitative estimate of drug-likeness (QED) is 0.445. The van der Waals surface area contributed by atoms with Gasteiger partial charge in [-0.3, -0.25) is 9.59 Å². The molecule has 0 unspecified atom stereocenters. The Bertz CT molecular complexity index is 969. The Morgan fingerprint density at radius 1 is 1.17 bits per heavy atom. The molecule has 0 radical (unpaired) electrons. The van der Waals surface area contributed by atoms with E-state index in [2.05, 4.69) is 33.0 Å². The summed E-state index contributed by atoms with van der Waals surface area (Å²) in [5, 5.41) is 7.80. The average Bonchev–Trinajstić information content (AvgIpc) is 3.50. The van der Waals surface area contributed by atoms with E-state index in [4.69, 9.17) is 9.84 Å². The first kappa shape index (κ1) is 26.8. The summed E-state index contributed by atoms with van der Waals surface area (Å²) in [5.41, 5.74) is 1.52. The number of unbranched alkanes of at least 4 members (excludes halogenated alkanes) is 1. The van der Waals surface area contributed by atoms with E-state index in [9.17, 15) is 9.59 Å². The van der Waals surface area contributed by atoms with Crippen molar-refractivity contribution < 1.29 is 14.3 Å². The van der Waals surface area contributed by atoms with E-state index in [-0.39, 0.29) is 23.8 Å². The molecule has 0 aliphatic heterocycles. The SMILES string of the molecule is CCCCN(CC(=O)Nc1cc(C(C)(C)C)nn1-c1ccc(OC)cc1)C(=O)CCC1CCCC1. The van der Waals surface area contributed by atoms with E-state index in [0.717, 1.165) is 36.4 Å².